The first kappa shape index (κ1) is 11.2. The highest BCUT2D eigenvalue weighted by molar-refractivity contribution is 5.28. The van der Waals surface area contributed by atoms with E-state index < -0.39 is 0 Å². The third kappa shape index (κ3) is 2.08. The summed E-state index contributed by atoms with van der Waals surface area (Å²) < 4.78 is 5.18. The maximum Gasteiger partial charge on any atom is 0.118 e. The molecule has 94 valence electrons. The summed E-state index contributed by atoms with van der Waals surface area (Å²) in [6.07, 6.45) is 6.57. The average molecular weight is 242 g/mol. The van der Waals surface area contributed by atoms with Gasteiger partial charge in [0.05, 0.1) is 7.11 Å². The molecule has 0 saturated carbocycles. The number of ether oxygens (including phenoxy) is 1. The van der Waals surface area contributed by atoms with Gasteiger partial charge in [-0.1, -0.05) is 24.3 Å². The van der Waals surface area contributed by atoms with Gasteiger partial charge >= 0.3 is 0 Å². The maximum absolute atomic E-state index is 5.18. The molecule has 2 heterocycles. The molecule has 3 nitrogen and oxygen atoms in total. The van der Waals surface area contributed by atoms with Crippen LogP contribution in [-0.4, -0.2) is 36.5 Å². The Balaban J connectivity index is 1.72. The molecule has 1 saturated heterocycles. The number of allylic oxidation sites excluding steroid dienone is 2. The van der Waals surface area contributed by atoms with Crippen LogP contribution in [0.25, 0.3) is 0 Å². The van der Waals surface area contributed by atoms with Gasteiger partial charge in [0.25, 0.3) is 0 Å². The van der Waals surface area contributed by atoms with Gasteiger partial charge in [0.1, 0.15) is 11.6 Å². The van der Waals surface area contributed by atoms with Gasteiger partial charge in [-0.05, 0) is 23.8 Å². The lowest BCUT2D eigenvalue weighted by molar-refractivity contribution is 0.344. The van der Waals surface area contributed by atoms with Crippen molar-refractivity contribution >= 4 is 0 Å². The first-order valence-corrected chi connectivity index (χ1v) is 6.36. The molecule has 0 radical (unpaired) electrons. The molecular weight excluding hydrogens is 224 g/mol. The van der Waals surface area contributed by atoms with E-state index in [9.17, 15) is 0 Å². The number of benzene rings is 1. The molecule has 0 bridgehead atoms. The fourth-order valence-corrected chi connectivity index (χ4v) is 2.52. The lowest BCUT2D eigenvalue weighted by atomic mass is 10.2. The minimum absolute atomic E-state index is 0.918. The molecule has 0 N–H and O–H groups in total. The molecular formula is C15H18N2O. The molecule has 3 heteroatoms. The summed E-state index contributed by atoms with van der Waals surface area (Å²) in [5.74, 6) is 2.27. The quantitative estimate of drug-likeness (QED) is 0.808. The van der Waals surface area contributed by atoms with Crippen molar-refractivity contribution in [3.8, 4) is 5.75 Å². The number of hydrogen-bond acceptors (Lipinski definition) is 3. The fraction of sp³-hybridized carbons (Fsp3) is 0.333. The zero-order valence-corrected chi connectivity index (χ0v) is 10.7. The first-order valence-electron chi connectivity index (χ1n) is 6.36. The van der Waals surface area contributed by atoms with Gasteiger partial charge in [0.15, 0.2) is 0 Å². The van der Waals surface area contributed by atoms with Crippen molar-refractivity contribution in [1.82, 2.24) is 9.80 Å². The summed E-state index contributed by atoms with van der Waals surface area (Å²) >= 11 is 0. The van der Waals surface area contributed by atoms with Crippen molar-refractivity contribution < 1.29 is 4.74 Å². The first-order chi connectivity index (χ1) is 8.86. The maximum atomic E-state index is 5.18. The molecule has 3 rings (SSSR count). The lowest BCUT2D eigenvalue weighted by Crippen LogP contribution is -2.24. The molecule has 1 fully saturated rings. The topological polar surface area (TPSA) is 15.7 Å². The van der Waals surface area contributed by atoms with Crippen LogP contribution < -0.4 is 4.74 Å². The van der Waals surface area contributed by atoms with Crippen LogP contribution in [0.3, 0.4) is 0 Å². The van der Waals surface area contributed by atoms with E-state index in [0.29, 0.717) is 0 Å². The molecule has 0 unspecified atom stereocenters. The monoisotopic (exact) mass is 242 g/mol. The molecule has 0 aliphatic carbocycles. The van der Waals surface area contributed by atoms with Crippen molar-refractivity contribution in [3.05, 3.63) is 53.9 Å². The Bertz CT molecular complexity index is 476. The van der Waals surface area contributed by atoms with Crippen LogP contribution in [0.15, 0.2) is 48.3 Å². The van der Waals surface area contributed by atoms with Gasteiger partial charge < -0.3 is 14.5 Å². The molecule has 0 atom stereocenters. The van der Waals surface area contributed by atoms with Crippen molar-refractivity contribution in [2.75, 3.05) is 26.7 Å². The predicted octanol–water partition coefficient (Wildman–Crippen LogP) is 2.22. The molecule has 18 heavy (non-hydrogen) atoms. The van der Waals surface area contributed by atoms with Gasteiger partial charge in [-0.15, -0.1) is 0 Å². The molecule has 2 aliphatic heterocycles. The Morgan fingerprint density at radius 1 is 1.17 bits per heavy atom. The molecule has 0 amide bonds. The summed E-state index contributed by atoms with van der Waals surface area (Å²) in [5, 5.41) is 0. The van der Waals surface area contributed by atoms with Gasteiger partial charge in [0, 0.05) is 26.2 Å². The van der Waals surface area contributed by atoms with Gasteiger partial charge in [-0.3, -0.25) is 0 Å². The Hall–Kier alpha value is -1.90. The summed E-state index contributed by atoms with van der Waals surface area (Å²) in [5.41, 5.74) is 1.33. The minimum Gasteiger partial charge on any atom is -0.497 e. The molecule has 1 aromatic carbocycles. The fourth-order valence-electron chi connectivity index (χ4n) is 2.52. The zero-order chi connectivity index (χ0) is 12.4. The molecule has 1 aromatic rings. The lowest BCUT2D eigenvalue weighted by Gasteiger charge is -2.25. The summed E-state index contributed by atoms with van der Waals surface area (Å²) in [4.78, 5) is 4.86. The second-order valence-corrected chi connectivity index (χ2v) is 4.67. The second-order valence-electron chi connectivity index (χ2n) is 4.67. The number of nitrogens with zero attached hydrogens (tertiary/aromatic N) is 2. The Kier molecular flexibility index (Phi) is 2.97. The number of rotatable bonds is 3. The van der Waals surface area contributed by atoms with Crippen LogP contribution >= 0.6 is 0 Å². The molecule has 0 aromatic heterocycles. The predicted molar refractivity (Wildman–Crippen MR) is 72.2 cm³/mol. The Labute approximate surface area is 108 Å². The van der Waals surface area contributed by atoms with E-state index >= 15 is 0 Å². The summed E-state index contributed by atoms with van der Waals surface area (Å²) in [6.45, 7) is 4.26. The van der Waals surface area contributed by atoms with E-state index in [2.05, 4.69) is 40.2 Å². The third-order valence-corrected chi connectivity index (χ3v) is 3.53. The van der Waals surface area contributed by atoms with Crippen molar-refractivity contribution in [2.45, 2.75) is 6.54 Å². The van der Waals surface area contributed by atoms with Crippen LogP contribution in [0.2, 0.25) is 0 Å². The Morgan fingerprint density at radius 2 is 2.00 bits per heavy atom. The minimum atomic E-state index is 0.918. The van der Waals surface area contributed by atoms with E-state index in [1.807, 2.05) is 12.1 Å². The van der Waals surface area contributed by atoms with E-state index in [1.165, 1.54) is 11.4 Å². The normalized spacial score (nSPS) is 17.7. The largest absolute Gasteiger partial charge is 0.497 e. The van der Waals surface area contributed by atoms with Crippen LogP contribution in [0.1, 0.15) is 5.56 Å². The van der Waals surface area contributed by atoms with Gasteiger partial charge in [0.2, 0.25) is 0 Å². The van der Waals surface area contributed by atoms with Gasteiger partial charge in [-0.2, -0.15) is 0 Å². The summed E-state index contributed by atoms with van der Waals surface area (Å²) in [7, 11) is 1.70. The van der Waals surface area contributed by atoms with Crippen molar-refractivity contribution in [3.63, 3.8) is 0 Å². The summed E-state index contributed by atoms with van der Waals surface area (Å²) in [6, 6.07) is 8.33. The van der Waals surface area contributed by atoms with Crippen LogP contribution in [0, 0.1) is 0 Å². The van der Waals surface area contributed by atoms with Gasteiger partial charge in [-0.25, -0.2) is 0 Å². The number of hydrogen-bond donors (Lipinski definition) is 0. The molecule has 2 aliphatic rings. The average Bonchev–Trinajstić information content (AvgIpc) is 2.83. The van der Waals surface area contributed by atoms with E-state index in [0.717, 1.165) is 31.9 Å². The van der Waals surface area contributed by atoms with E-state index in [4.69, 9.17) is 4.74 Å². The van der Waals surface area contributed by atoms with Crippen LogP contribution in [-0.2, 0) is 6.54 Å². The van der Waals surface area contributed by atoms with E-state index in [1.54, 1.807) is 7.11 Å². The smallest absolute Gasteiger partial charge is 0.118 e. The molecule has 0 spiro atoms. The second kappa shape index (κ2) is 4.77. The Morgan fingerprint density at radius 3 is 2.78 bits per heavy atom. The standard InChI is InChI=1S/C15H18N2O/c1-18-14-7-5-13(6-8-14)12-17-11-10-16-9-3-2-4-15(16)17/h2-8H,9-12H2,1H3. The highest BCUT2D eigenvalue weighted by atomic mass is 16.5. The number of methoxy groups -OCH3 is 1. The van der Waals surface area contributed by atoms with Crippen LogP contribution in [0.4, 0.5) is 0 Å². The SMILES string of the molecule is COc1ccc(CN2CCN3CC=CC=C32)cc1. The zero-order valence-electron chi connectivity index (χ0n) is 10.7. The highest BCUT2D eigenvalue weighted by Crippen LogP contribution is 2.23. The van der Waals surface area contributed by atoms with Crippen molar-refractivity contribution in [2.24, 2.45) is 0 Å². The van der Waals surface area contributed by atoms with E-state index in [-0.39, 0.29) is 0 Å². The van der Waals surface area contributed by atoms with Crippen molar-refractivity contribution in [1.29, 1.82) is 0 Å². The highest BCUT2D eigenvalue weighted by Gasteiger charge is 2.24. The third-order valence-electron chi connectivity index (χ3n) is 3.53. The number of fused-ring (bicyclic) bond motifs is 1. The van der Waals surface area contributed by atoms with Crippen LogP contribution in [0.5, 0.6) is 5.75 Å².